The average molecular weight is 245 g/mol. The van der Waals surface area contributed by atoms with Gasteiger partial charge in [0.25, 0.3) is 0 Å². The van der Waals surface area contributed by atoms with Gasteiger partial charge in [-0.25, -0.2) is 0 Å². The minimum Gasteiger partial charge on any atom is -0.370 e. The normalized spacial score (nSPS) is 16.1. The van der Waals surface area contributed by atoms with Gasteiger partial charge in [-0.3, -0.25) is 4.79 Å². The van der Waals surface area contributed by atoms with E-state index in [4.69, 9.17) is 0 Å². The zero-order chi connectivity index (χ0) is 13.2. The molecule has 0 atom stereocenters. The molecule has 18 heavy (non-hydrogen) atoms. The van der Waals surface area contributed by atoms with Crippen LogP contribution < -0.4 is 4.90 Å². The molecule has 0 saturated heterocycles. The summed E-state index contributed by atoms with van der Waals surface area (Å²) in [5.74, 6) is 0.268. The van der Waals surface area contributed by atoms with Gasteiger partial charge in [0, 0.05) is 24.2 Å². The van der Waals surface area contributed by atoms with E-state index in [1.54, 1.807) is 6.92 Å². The molecule has 98 valence electrons. The number of rotatable bonds is 3. The molecule has 2 heteroatoms. The molecule has 0 aromatic heterocycles. The van der Waals surface area contributed by atoms with Crippen molar-refractivity contribution in [2.45, 2.75) is 40.0 Å². The molecule has 1 heterocycles. The van der Waals surface area contributed by atoms with Crippen molar-refractivity contribution in [3.05, 3.63) is 29.8 Å². The lowest BCUT2D eigenvalue weighted by atomic mass is 9.88. The maximum absolute atomic E-state index is 11.7. The number of para-hydroxylation sites is 1. The lowest BCUT2D eigenvalue weighted by Crippen LogP contribution is -2.38. The van der Waals surface area contributed by atoms with Gasteiger partial charge in [-0.2, -0.15) is 0 Å². The summed E-state index contributed by atoms with van der Waals surface area (Å²) in [7, 11) is 0. The van der Waals surface area contributed by atoms with Gasteiger partial charge in [0.2, 0.25) is 0 Å². The molecule has 0 saturated carbocycles. The fourth-order valence-corrected chi connectivity index (χ4v) is 2.52. The summed E-state index contributed by atoms with van der Waals surface area (Å²) < 4.78 is 0. The highest BCUT2D eigenvalue weighted by Crippen LogP contribution is 2.29. The number of nitrogens with zero attached hydrogens (tertiary/aromatic N) is 1. The Morgan fingerprint density at radius 3 is 2.72 bits per heavy atom. The third-order valence-corrected chi connectivity index (χ3v) is 4.00. The molecule has 0 unspecified atom stereocenters. The predicted molar refractivity (Wildman–Crippen MR) is 76.1 cm³/mol. The van der Waals surface area contributed by atoms with E-state index in [-0.39, 0.29) is 11.2 Å². The van der Waals surface area contributed by atoms with Crippen molar-refractivity contribution in [1.29, 1.82) is 0 Å². The molecule has 1 aliphatic rings. The Labute approximate surface area is 110 Å². The second kappa shape index (κ2) is 5.13. The van der Waals surface area contributed by atoms with Gasteiger partial charge in [0.1, 0.15) is 5.78 Å². The highest BCUT2D eigenvalue weighted by atomic mass is 16.1. The third kappa shape index (κ3) is 2.74. The Hall–Kier alpha value is -1.31. The first-order chi connectivity index (χ1) is 8.50. The van der Waals surface area contributed by atoms with Crippen molar-refractivity contribution in [3.63, 3.8) is 0 Å². The lowest BCUT2D eigenvalue weighted by Gasteiger charge is -2.32. The summed E-state index contributed by atoms with van der Waals surface area (Å²) in [5, 5.41) is 0. The molecule has 0 fully saturated rings. The molecule has 1 aromatic carbocycles. The molecule has 1 aromatic rings. The van der Waals surface area contributed by atoms with Crippen LogP contribution in [0.2, 0.25) is 0 Å². The number of anilines is 1. The lowest BCUT2D eigenvalue weighted by molar-refractivity contribution is -0.124. The fourth-order valence-electron chi connectivity index (χ4n) is 2.52. The number of hydrogen-bond donors (Lipinski definition) is 0. The van der Waals surface area contributed by atoms with Crippen LogP contribution in [0.25, 0.3) is 0 Å². The van der Waals surface area contributed by atoms with Crippen LogP contribution in [0.3, 0.4) is 0 Å². The second-order valence-electron chi connectivity index (χ2n) is 5.95. The fraction of sp³-hybridized carbons (Fsp3) is 0.562. The Balaban J connectivity index is 2.26. The van der Waals surface area contributed by atoms with E-state index >= 15 is 0 Å². The second-order valence-corrected chi connectivity index (χ2v) is 5.95. The number of carbonyl (C=O) groups is 1. The molecular weight excluding hydrogens is 222 g/mol. The van der Waals surface area contributed by atoms with Crippen molar-refractivity contribution in [2.24, 2.45) is 5.41 Å². The van der Waals surface area contributed by atoms with Crippen LogP contribution in [0.5, 0.6) is 0 Å². The van der Waals surface area contributed by atoms with E-state index < -0.39 is 0 Å². The molecule has 0 aliphatic carbocycles. The topological polar surface area (TPSA) is 20.3 Å². The summed E-state index contributed by atoms with van der Waals surface area (Å²) in [4.78, 5) is 14.1. The summed E-state index contributed by atoms with van der Waals surface area (Å²) in [5.41, 5.74) is 2.48. The molecule has 1 aliphatic heterocycles. The number of fused-ring (bicyclic) bond motifs is 1. The Morgan fingerprint density at radius 2 is 2.00 bits per heavy atom. The number of benzene rings is 1. The molecule has 2 rings (SSSR count). The number of aryl methyl sites for hydroxylation is 1. The van der Waals surface area contributed by atoms with Crippen LogP contribution in [0.4, 0.5) is 5.69 Å². The van der Waals surface area contributed by atoms with E-state index in [0.29, 0.717) is 0 Å². The molecule has 0 bridgehead atoms. The monoisotopic (exact) mass is 245 g/mol. The van der Waals surface area contributed by atoms with Crippen LogP contribution in [0.15, 0.2) is 24.3 Å². The van der Waals surface area contributed by atoms with Gasteiger partial charge in [-0.05, 0) is 37.8 Å². The Morgan fingerprint density at radius 1 is 1.28 bits per heavy atom. The first kappa shape index (κ1) is 13.1. The first-order valence-corrected chi connectivity index (χ1v) is 6.84. The summed E-state index contributed by atoms with van der Waals surface area (Å²) in [6, 6.07) is 8.61. The van der Waals surface area contributed by atoms with Gasteiger partial charge in [-0.1, -0.05) is 32.0 Å². The number of ketones is 1. The van der Waals surface area contributed by atoms with Crippen molar-refractivity contribution in [1.82, 2.24) is 0 Å². The molecule has 2 nitrogen and oxygen atoms in total. The Bertz CT molecular complexity index is 436. The van der Waals surface area contributed by atoms with Gasteiger partial charge >= 0.3 is 0 Å². The molecular formula is C16H23NO. The molecule has 0 amide bonds. The maximum atomic E-state index is 11.7. The van der Waals surface area contributed by atoms with Crippen LogP contribution >= 0.6 is 0 Å². The summed E-state index contributed by atoms with van der Waals surface area (Å²) >= 11 is 0. The smallest absolute Gasteiger partial charge is 0.137 e. The minimum atomic E-state index is -0.266. The standard InChI is InChI=1S/C16H23NO/c1-13(18)16(2,3)12-17-11-7-6-9-14-8-4-5-10-15(14)17/h4-5,8,10H,6-7,9,11-12H2,1-3H3. The predicted octanol–water partition coefficient (Wildman–Crippen LogP) is 3.44. The average Bonchev–Trinajstić information content (AvgIpc) is 2.52. The van der Waals surface area contributed by atoms with E-state index in [2.05, 4.69) is 29.2 Å². The maximum Gasteiger partial charge on any atom is 0.137 e. The summed E-state index contributed by atoms with van der Waals surface area (Å²) in [6.45, 7) is 7.67. The van der Waals surface area contributed by atoms with Gasteiger partial charge in [0.15, 0.2) is 0 Å². The van der Waals surface area contributed by atoms with Gasteiger partial charge < -0.3 is 4.90 Å². The number of carbonyl (C=O) groups excluding carboxylic acids is 1. The van der Waals surface area contributed by atoms with Gasteiger partial charge in [0.05, 0.1) is 0 Å². The van der Waals surface area contributed by atoms with E-state index in [1.807, 2.05) is 13.8 Å². The van der Waals surface area contributed by atoms with Crippen LogP contribution in [-0.4, -0.2) is 18.9 Å². The van der Waals surface area contributed by atoms with Gasteiger partial charge in [-0.15, -0.1) is 0 Å². The largest absolute Gasteiger partial charge is 0.370 e. The van der Waals surface area contributed by atoms with Crippen LogP contribution in [-0.2, 0) is 11.2 Å². The number of hydrogen-bond acceptors (Lipinski definition) is 2. The van der Waals surface area contributed by atoms with Crippen LogP contribution in [0.1, 0.15) is 39.2 Å². The zero-order valence-corrected chi connectivity index (χ0v) is 11.7. The quantitative estimate of drug-likeness (QED) is 0.813. The van der Waals surface area contributed by atoms with E-state index in [1.165, 1.54) is 24.1 Å². The van der Waals surface area contributed by atoms with Crippen molar-refractivity contribution < 1.29 is 4.79 Å². The van der Waals surface area contributed by atoms with Crippen LogP contribution in [0, 0.1) is 5.41 Å². The molecule has 0 N–H and O–H groups in total. The zero-order valence-electron chi connectivity index (χ0n) is 11.7. The number of Topliss-reactive ketones (excluding diaryl/α,β-unsaturated/α-hetero) is 1. The SMILES string of the molecule is CC(=O)C(C)(C)CN1CCCCc2ccccc21. The summed E-state index contributed by atoms with van der Waals surface area (Å²) in [6.07, 6.45) is 3.61. The van der Waals surface area contributed by atoms with E-state index in [9.17, 15) is 4.79 Å². The molecule has 0 radical (unpaired) electrons. The van der Waals surface area contributed by atoms with Crippen molar-refractivity contribution >= 4 is 11.5 Å². The Kier molecular flexibility index (Phi) is 3.74. The van der Waals surface area contributed by atoms with E-state index in [0.717, 1.165) is 19.5 Å². The minimum absolute atomic E-state index is 0.266. The van der Waals surface area contributed by atoms with Crippen molar-refractivity contribution in [3.8, 4) is 0 Å². The first-order valence-electron chi connectivity index (χ1n) is 6.84. The third-order valence-electron chi connectivity index (χ3n) is 4.00. The highest BCUT2D eigenvalue weighted by molar-refractivity contribution is 5.82. The molecule has 0 spiro atoms. The van der Waals surface area contributed by atoms with Crippen molar-refractivity contribution in [2.75, 3.05) is 18.0 Å². The highest BCUT2D eigenvalue weighted by Gasteiger charge is 2.28.